The van der Waals surface area contributed by atoms with Crippen molar-refractivity contribution in [3.8, 4) is 0 Å². The van der Waals surface area contributed by atoms with Gasteiger partial charge in [0.1, 0.15) is 5.82 Å². The van der Waals surface area contributed by atoms with Crippen LogP contribution in [-0.4, -0.2) is 38.6 Å². The number of halogens is 2. The largest absolute Gasteiger partial charge is 0.374 e. The van der Waals surface area contributed by atoms with Crippen molar-refractivity contribution in [3.63, 3.8) is 0 Å². The van der Waals surface area contributed by atoms with Crippen molar-refractivity contribution in [3.05, 3.63) is 29.6 Å². The van der Waals surface area contributed by atoms with Gasteiger partial charge < -0.3 is 9.80 Å². The Morgan fingerprint density at radius 2 is 2.05 bits per heavy atom. The first-order chi connectivity index (χ1) is 9.10. The normalized spacial score (nSPS) is 17.7. The molecule has 1 heterocycles. The van der Waals surface area contributed by atoms with Crippen molar-refractivity contribution in [2.24, 2.45) is 5.92 Å². The second kappa shape index (κ2) is 6.58. The highest BCUT2D eigenvalue weighted by atomic mass is 35.5. The Morgan fingerprint density at radius 1 is 1.37 bits per heavy atom. The van der Waals surface area contributed by atoms with Crippen LogP contribution in [0.3, 0.4) is 0 Å². The van der Waals surface area contributed by atoms with Gasteiger partial charge in [0.25, 0.3) is 0 Å². The maximum Gasteiger partial charge on any atom is 0.123 e. The second-order valence-corrected chi connectivity index (χ2v) is 5.80. The first-order valence-electron chi connectivity index (χ1n) is 6.84. The lowest BCUT2D eigenvalue weighted by molar-refractivity contribution is 0.222. The van der Waals surface area contributed by atoms with Crippen molar-refractivity contribution in [2.75, 3.05) is 38.6 Å². The van der Waals surface area contributed by atoms with E-state index in [2.05, 4.69) is 23.9 Å². The number of nitrogens with zero attached hydrogens (tertiary/aromatic N) is 2. The summed E-state index contributed by atoms with van der Waals surface area (Å²) in [4.78, 5) is 4.59. The van der Waals surface area contributed by atoms with Crippen molar-refractivity contribution in [1.29, 1.82) is 0 Å². The molecule has 0 spiro atoms. The van der Waals surface area contributed by atoms with Gasteiger partial charge in [0.05, 0.1) is 0 Å². The van der Waals surface area contributed by atoms with Crippen LogP contribution in [0.15, 0.2) is 18.2 Å². The summed E-state index contributed by atoms with van der Waals surface area (Å²) in [6, 6.07) is 4.88. The highest BCUT2D eigenvalue weighted by Crippen LogP contribution is 2.25. The molecule has 4 heteroatoms. The van der Waals surface area contributed by atoms with Gasteiger partial charge >= 0.3 is 0 Å². The van der Waals surface area contributed by atoms with Crippen molar-refractivity contribution in [2.45, 2.75) is 18.7 Å². The molecule has 1 aromatic rings. The standard InChI is InChI=1S/C15H22ClFN2/c1-18-7-5-12(6-8-18)11-19(2)15-4-3-14(17)9-13(15)10-16/h3-4,9,12H,5-8,10-11H2,1-2H3. The summed E-state index contributed by atoms with van der Waals surface area (Å²) in [5, 5.41) is 0. The quantitative estimate of drug-likeness (QED) is 0.783. The predicted octanol–water partition coefficient (Wildman–Crippen LogP) is 3.34. The predicted molar refractivity (Wildman–Crippen MR) is 79.4 cm³/mol. The molecule has 0 aliphatic carbocycles. The van der Waals surface area contributed by atoms with Gasteiger partial charge in [-0.25, -0.2) is 4.39 Å². The van der Waals surface area contributed by atoms with Crippen LogP contribution in [0.5, 0.6) is 0 Å². The Hall–Kier alpha value is -0.800. The summed E-state index contributed by atoms with van der Waals surface area (Å²) in [5.74, 6) is 0.853. The van der Waals surface area contributed by atoms with Crippen LogP contribution < -0.4 is 4.90 Å². The van der Waals surface area contributed by atoms with Crippen LogP contribution >= 0.6 is 11.6 Å². The number of hydrogen-bond acceptors (Lipinski definition) is 2. The van der Waals surface area contributed by atoms with Crippen molar-refractivity contribution >= 4 is 17.3 Å². The summed E-state index contributed by atoms with van der Waals surface area (Å²) in [6.45, 7) is 3.36. The van der Waals surface area contributed by atoms with Gasteiger partial charge in [-0.05, 0) is 62.7 Å². The minimum atomic E-state index is -0.216. The fourth-order valence-electron chi connectivity index (χ4n) is 2.76. The summed E-state index contributed by atoms with van der Waals surface area (Å²) < 4.78 is 13.2. The summed E-state index contributed by atoms with van der Waals surface area (Å²) in [6.07, 6.45) is 2.47. The fraction of sp³-hybridized carbons (Fsp3) is 0.600. The molecule has 0 saturated carbocycles. The van der Waals surface area contributed by atoms with Crippen molar-refractivity contribution < 1.29 is 4.39 Å². The molecule has 0 atom stereocenters. The number of hydrogen-bond donors (Lipinski definition) is 0. The number of benzene rings is 1. The Morgan fingerprint density at radius 3 is 2.68 bits per heavy atom. The van der Waals surface area contributed by atoms with Crippen LogP contribution in [0.2, 0.25) is 0 Å². The lowest BCUT2D eigenvalue weighted by Crippen LogP contribution is -2.36. The third-order valence-corrected chi connectivity index (χ3v) is 4.25. The van der Waals surface area contributed by atoms with E-state index < -0.39 is 0 Å². The van der Waals surface area contributed by atoms with E-state index in [0.29, 0.717) is 5.88 Å². The zero-order valence-electron chi connectivity index (χ0n) is 11.7. The van der Waals surface area contributed by atoms with Crippen LogP contribution in [0, 0.1) is 11.7 Å². The van der Waals surface area contributed by atoms with E-state index in [1.165, 1.54) is 38.1 Å². The molecule has 1 aliphatic rings. The van der Waals surface area contributed by atoms with Gasteiger partial charge in [0, 0.05) is 25.2 Å². The molecule has 1 saturated heterocycles. The molecule has 1 aromatic carbocycles. The van der Waals surface area contributed by atoms with Gasteiger partial charge in [-0.15, -0.1) is 11.6 Å². The van der Waals surface area contributed by atoms with Crippen molar-refractivity contribution in [1.82, 2.24) is 4.90 Å². The van der Waals surface area contributed by atoms with E-state index in [0.717, 1.165) is 23.7 Å². The molecule has 0 radical (unpaired) electrons. The SMILES string of the molecule is CN1CCC(CN(C)c2ccc(F)cc2CCl)CC1. The number of rotatable bonds is 4. The maximum absolute atomic E-state index is 13.2. The molecule has 1 fully saturated rings. The van der Waals surface area contributed by atoms with E-state index in [-0.39, 0.29) is 5.82 Å². The summed E-state index contributed by atoms with van der Waals surface area (Å²) >= 11 is 5.91. The molecule has 0 unspecified atom stereocenters. The smallest absolute Gasteiger partial charge is 0.123 e. The Bertz CT molecular complexity index is 417. The Labute approximate surface area is 120 Å². The van der Waals surface area contributed by atoms with Gasteiger partial charge in [0.2, 0.25) is 0 Å². The zero-order chi connectivity index (χ0) is 13.8. The molecule has 0 aromatic heterocycles. The molecule has 0 N–H and O–H groups in total. The topological polar surface area (TPSA) is 6.48 Å². The molecule has 0 bridgehead atoms. The monoisotopic (exact) mass is 284 g/mol. The molecule has 1 aliphatic heterocycles. The lowest BCUT2D eigenvalue weighted by atomic mass is 9.96. The van der Waals surface area contributed by atoms with Gasteiger partial charge in [-0.1, -0.05) is 0 Å². The van der Waals surface area contributed by atoms with E-state index in [4.69, 9.17) is 11.6 Å². The highest BCUT2D eigenvalue weighted by molar-refractivity contribution is 6.17. The summed E-state index contributed by atoms with van der Waals surface area (Å²) in [7, 11) is 4.24. The molecule has 19 heavy (non-hydrogen) atoms. The molecular weight excluding hydrogens is 263 g/mol. The number of likely N-dealkylation sites (tertiary alicyclic amines) is 1. The number of anilines is 1. The summed E-state index contributed by atoms with van der Waals surface area (Å²) in [5.41, 5.74) is 1.92. The third kappa shape index (κ3) is 3.83. The maximum atomic E-state index is 13.2. The fourth-order valence-corrected chi connectivity index (χ4v) is 2.98. The Balaban J connectivity index is 2.01. The minimum absolute atomic E-state index is 0.216. The van der Waals surface area contributed by atoms with Crippen LogP contribution in [0.4, 0.5) is 10.1 Å². The zero-order valence-corrected chi connectivity index (χ0v) is 12.5. The molecular formula is C15H22ClFN2. The molecule has 0 amide bonds. The average Bonchev–Trinajstić information content (AvgIpc) is 2.41. The highest BCUT2D eigenvalue weighted by Gasteiger charge is 2.19. The number of alkyl halides is 1. The molecule has 106 valence electrons. The third-order valence-electron chi connectivity index (χ3n) is 3.97. The van der Waals surface area contributed by atoms with Gasteiger partial charge in [0.15, 0.2) is 0 Å². The van der Waals surface area contributed by atoms with Gasteiger partial charge in [-0.3, -0.25) is 0 Å². The van der Waals surface area contributed by atoms with Gasteiger partial charge in [-0.2, -0.15) is 0 Å². The lowest BCUT2D eigenvalue weighted by Gasteiger charge is -2.33. The first-order valence-corrected chi connectivity index (χ1v) is 7.37. The van der Waals surface area contributed by atoms with E-state index in [1.54, 1.807) is 0 Å². The minimum Gasteiger partial charge on any atom is -0.374 e. The Kier molecular flexibility index (Phi) is 5.06. The average molecular weight is 285 g/mol. The molecule has 2 rings (SSSR count). The van der Waals surface area contributed by atoms with E-state index in [1.807, 2.05) is 6.07 Å². The first kappa shape index (κ1) is 14.6. The van der Waals surface area contributed by atoms with E-state index in [9.17, 15) is 4.39 Å². The van der Waals surface area contributed by atoms with E-state index >= 15 is 0 Å². The molecule has 2 nitrogen and oxygen atoms in total. The second-order valence-electron chi connectivity index (χ2n) is 5.53. The van der Waals surface area contributed by atoms with Crippen LogP contribution in [-0.2, 0) is 5.88 Å². The van der Waals surface area contributed by atoms with Crippen LogP contribution in [0.1, 0.15) is 18.4 Å². The van der Waals surface area contributed by atoms with Crippen LogP contribution in [0.25, 0.3) is 0 Å². The number of piperidine rings is 1.